The van der Waals surface area contributed by atoms with Crippen LogP contribution in [0, 0.1) is 6.92 Å². The standard InChI is InChI=1S/C20H25NO2/c1-4-17-11-16(21-14(3)22)12-19(23-17)20-13(2)9-10-15-7-5-6-8-18(15)20/h5-10,16-17,19H,4,11-12H2,1-3H3,(H,21,22)/t16-,17+,19+/m1/s1. The van der Waals surface area contributed by atoms with E-state index in [4.69, 9.17) is 4.74 Å². The number of rotatable bonds is 3. The Morgan fingerprint density at radius 1 is 1.22 bits per heavy atom. The number of carbonyl (C=O) groups excluding carboxylic acids is 1. The van der Waals surface area contributed by atoms with Gasteiger partial charge in [-0.2, -0.15) is 0 Å². The summed E-state index contributed by atoms with van der Waals surface area (Å²) in [4.78, 5) is 11.5. The summed E-state index contributed by atoms with van der Waals surface area (Å²) in [5.74, 6) is 0.0418. The zero-order valence-electron chi connectivity index (χ0n) is 14.1. The van der Waals surface area contributed by atoms with Crippen molar-refractivity contribution in [2.45, 2.75) is 58.3 Å². The van der Waals surface area contributed by atoms with Crippen LogP contribution >= 0.6 is 0 Å². The number of carbonyl (C=O) groups is 1. The van der Waals surface area contributed by atoms with Gasteiger partial charge in [-0.1, -0.05) is 43.3 Å². The van der Waals surface area contributed by atoms with Crippen molar-refractivity contribution in [3.05, 3.63) is 47.5 Å². The summed E-state index contributed by atoms with van der Waals surface area (Å²) < 4.78 is 6.37. The van der Waals surface area contributed by atoms with Crippen molar-refractivity contribution in [3.63, 3.8) is 0 Å². The normalized spacial score (nSPS) is 24.6. The van der Waals surface area contributed by atoms with Crippen LogP contribution in [0.1, 0.15) is 50.3 Å². The lowest BCUT2D eigenvalue weighted by atomic mass is 9.88. The molecule has 3 heteroatoms. The van der Waals surface area contributed by atoms with Gasteiger partial charge in [0.1, 0.15) is 0 Å². The van der Waals surface area contributed by atoms with Gasteiger partial charge in [-0.25, -0.2) is 0 Å². The molecule has 3 atom stereocenters. The number of fused-ring (bicyclic) bond motifs is 1. The monoisotopic (exact) mass is 311 g/mol. The number of nitrogens with one attached hydrogen (secondary N) is 1. The molecule has 1 amide bonds. The molecule has 2 aromatic carbocycles. The molecule has 3 nitrogen and oxygen atoms in total. The lowest BCUT2D eigenvalue weighted by Crippen LogP contribution is -2.42. The van der Waals surface area contributed by atoms with E-state index in [9.17, 15) is 4.79 Å². The topological polar surface area (TPSA) is 38.3 Å². The summed E-state index contributed by atoms with van der Waals surface area (Å²) in [6, 6.07) is 13.0. The van der Waals surface area contributed by atoms with Gasteiger partial charge >= 0.3 is 0 Å². The Labute approximate surface area is 138 Å². The maximum atomic E-state index is 11.5. The van der Waals surface area contributed by atoms with Crippen molar-refractivity contribution in [2.75, 3.05) is 0 Å². The SMILES string of the molecule is CC[C@H]1C[C@@H](NC(C)=O)C[C@@H](c2c(C)ccc3ccccc23)O1. The molecule has 0 radical (unpaired) electrons. The Kier molecular flexibility index (Phi) is 4.67. The summed E-state index contributed by atoms with van der Waals surface area (Å²) >= 11 is 0. The maximum Gasteiger partial charge on any atom is 0.217 e. The highest BCUT2D eigenvalue weighted by atomic mass is 16.5. The zero-order chi connectivity index (χ0) is 16.4. The van der Waals surface area contributed by atoms with Crippen LogP contribution < -0.4 is 5.32 Å². The van der Waals surface area contributed by atoms with Crippen LogP contribution in [0.5, 0.6) is 0 Å². The molecule has 0 spiro atoms. The highest BCUT2D eigenvalue weighted by molar-refractivity contribution is 5.87. The van der Waals surface area contributed by atoms with Gasteiger partial charge in [-0.3, -0.25) is 4.79 Å². The molecule has 1 fully saturated rings. The predicted octanol–water partition coefficient (Wildman–Crippen LogP) is 4.28. The first-order valence-corrected chi connectivity index (χ1v) is 8.49. The fourth-order valence-electron chi connectivity index (χ4n) is 3.70. The van der Waals surface area contributed by atoms with Gasteiger partial charge in [0.15, 0.2) is 0 Å². The second-order valence-electron chi connectivity index (χ2n) is 6.54. The number of amides is 1. The lowest BCUT2D eigenvalue weighted by molar-refractivity contribution is -0.122. The highest BCUT2D eigenvalue weighted by Crippen LogP contribution is 2.37. The van der Waals surface area contributed by atoms with Gasteiger partial charge < -0.3 is 10.1 Å². The fourth-order valence-corrected chi connectivity index (χ4v) is 3.70. The predicted molar refractivity (Wildman–Crippen MR) is 93.4 cm³/mol. The first kappa shape index (κ1) is 16.0. The average molecular weight is 311 g/mol. The number of hydrogen-bond donors (Lipinski definition) is 1. The molecule has 0 unspecified atom stereocenters. The highest BCUT2D eigenvalue weighted by Gasteiger charge is 2.31. The third-order valence-electron chi connectivity index (χ3n) is 4.78. The number of hydrogen-bond acceptors (Lipinski definition) is 2. The lowest BCUT2D eigenvalue weighted by Gasteiger charge is -2.36. The summed E-state index contributed by atoms with van der Waals surface area (Å²) in [7, 11) is 0. The quantitative estimate of drug-likeness (QED) is 0.918. The molecule has 1 saturated heterocycles. The molecule has 23 heavy (non-hydrogen) atoms. The first-order chi connectivity index (χ1) is 11.1. The Morgan fingerprint density at radius 2 is 2.00 bits per heavy atom. The van der Waals surface area contributed by atoms with Gasteiger partial charge in [0.2, 0.25) is 5.91 Å². The minimum atomic E-state index is 0.0386. The minimum absolute atomic E-state index is 0.0386. The molecule has 1 aliphatic heterocycles. The van der Waals surface area contributed by atoms with Gasteiger partial charge in [0.25, 0.3) is 0 Å². The van der Waals surface area contributed by atoms with Crippen LogP contribution in [0.2, 0.25) is 0 Å². The number of ether oxygens (including phenoxy) is 1. The molecule has 0 bridgehead atoms. The Balaban J connectivity index is 1.99. The summed E-state index contributed by atoms with van der Waals surface area (Å²) in [6.45, 7) is 5.89. The maximum absolute atomic E-state index is 11.5. The number of aryl methyl sites for hydroxylation is 1. The minimum Gasteiger partial charge on any atom is -0.370 e. The van der Waals surface area contributed by atoms with E-state index < -0.39 is 0 Å². The van der Waals surface area contributed by atoms with Crippen LogP contribution in [0.25, 0.3) is 10.8 Å². The number of benzene rings is 2. The molecule has 0 aliphatic carbocycles. The van der Waals surface area contributed by atoms with E-state index in [0.29, 0.717) is 0 Å². The summed E-state index contributed by atoms with van der Waals surface area (Å²) in [5.41, 5.74) is 2.53. The van der Waals surface area contributed by atoms with Crippen molar-refractivity contribution < 1.29 is 9.53 Å². The van der Waals surface area contributed by atoms with Gasteiger partial charge in [-0.05, 0) is 48.1 Å². The van der Waals surface area contributed by atoms with Gasteiger partial charge in [0, 0.05) is 13.0 Å². The van der Waals surface area contributed by atoms with Crippen molar-refractivity contribution in [1.29, 1.82) is 0 Å². The molecule has 3 rings (SSSR count). The third-order valence-corrected chi connectivity index (χ3v) is 4.78. The second kappa shape index (κ2) is 6.71. The van der Waals surface area contributed by atoms with Crippen molar-refractivity contribution in [2.24, 2.45) is 0 Å². The van der Waals surface area contributed by atoms with Crippen LogP contribution in [0.3, 0.4) is 0 Å². The van der Waals surface area contributed by atoms with E-state index in [-0.39, 0.29) is 24.2 Å². The summed E-state index contributed by atoms with van der Waals surface area (Å²) in [5, 5.41) is 5.60. The van der Waals surface area contributed by atoms with E-state index in [2.05, 4.69) is 55.6 Å². The third kappa shape index (κ3) is 3.40. The largest absolute Gasteiger partial charge is 0.370 e. The molecule has 122 valence electrons. The zero-order valence-corrected chi connectivity index (χ0v) is 14.1. The van der Waals surface area contributed by atoms with Crippen LogP contribution in [0.4, 0.5) is 0 Å². The van der Waals surface area contributed by atoms with Gasteiger partial charge in [-0.15, -0.1) is 0 Å². The Hall–Kier alpha value is -1.87. The van der Waals surface area contributed by atoms with Crippen LogP contribution in [-0.2, 0) is 9.53 Å². The van der Waals surface area contributed by atoms with E-state index in [1.807, 2.05) is 0 Å². The first-order valence-electron chi connectivity index (χ1n) is 8.49. The van der Waals surface area contributed by atoms with E-state index in [1.165, 1.54) is 21.9 Å². The Morgan fingerprint density at radius 3 is 2.74 bits per heavy atom. The molecule has 1 N–H and O–H groups in total. The smallest absolute Gasteiger partial charge is 0.217 e. The second-order valence-corrected chi connectivity index (χ2v) is 6.54. The van der Waals surface area contributed by atoms with Crippen molar-refractivity contribution in [3.8, 4) is 0 Å². The van der Waals surface area contributed by atoms with Crippen LogP contribution in [0.15, 0.2) is 36.4 Å². The summed E-state index contributed by atoms with van der Waals surface area (Å²) in [6.07, 6.45) is 2.94. The Bertz CT molecular complexity index is 710. The molecular formula is C20H25NO2. The van der Waals surface area contributed by atoms with E-state index >= 15 is 0 Å². The molecule has 1 heterocycles. The van der Waals surface area contributed by atoms with Crippen molar-refractivity contribution >= 4 is 16.7 Å². The van der Waals surface area contributed by atoms with Crippen LogP contribution in [-0.4, -0.2) is 18.1 Å². The van der Waals surface area contributed by atoms with Gasteiger partial charge in [0.05, 0.1) is 12.2 Å². The van der Waals surface area contributed by atoms with E-state index in [1.54, 1.807) is 6.92 Å². The average Bonchev–Trinajstić information content (AvgIpc) is 2.53. The van der Waals surface area contributed by atoms with Crippen molar-refractivity contribution in [1.82, 2.24) is 5.32 Å². The van der Waals surface area contributed by atoms with E-state index in [0.717, 1.165) is 19.3 Å². The molecule has 0 aromatic heterocycles. The molecular weight excluding hydrogens is 286 g/mol. The molecule has 2 aromatic rings. The molecule has 1 aliphatic rings. The fraction of sp³-hybridized carbons (Fsp3) is 0.450. The molecule has 0 saturated carbocycles.